The standard InChI is InChI=1S/C13H8Cl3NO3/c14-7-8-4-5-9(15)6-12(8)20-13-10(16)2-1-3-11(13)17(18)19/h1-6H,7H2. The molecule has 0 N–H and O–H groups in total. The summed E-state index contributed by atoms with van der Waals surface area (Å²) in [6.45, 7) is 0. The van der Waals surface area contributed by atoms with Crippen molar-refractivity contribution in [3.8, 4) is 11.5 Å². The molecular weight excluding hydrogens is 325 g/mol. The summed E-state index contributed by atoms with van der Waals surface area (Å²) in [7, 11) is 0. The molecule has 0 unspecified atom stereocenters. The lowest BCUT2D eigenvalue weighted by atomic mass is 10.2. The fourth-order valence-corrected chi connectivity index (χ4v) is 2.18. The number of nitro benzene ring substituents is 1. The molecule has 0 aromatic heterocycles. The lowest BCUT2D eigenvalue weighted by Crippen LogP contribution is -1.96. The number of para-hydroxylation sites is 1. The molecule has 0 atom stereocenters. The van der Waals surface area contributed by atoms with Crippen molar-refractivity contribution < 1.29 is 9.66 Å². The molecule has 0 radical (unpaired) electrons. The van der Waals surface area contributed by atoms with Gasteiger partial charge in [-0.3, -0.25) is 10.1 Å². The fraction of sp³-hybridized carbons (Fsp3) is 0.0769. The second-order valence-electron chi connectivity index (χ2n) is 3.83. The van der Waals surface area contributed by atoms with Gasteiger partial charge in [0.25, 0.3) is 0 Å². The predicted octanol–water partition coefficient (Wildman–Crippen LogP) is 5.43. The molecule has 2 aromatic carbocycles. The van der Waals surface area contributed by atoms with Crippen LogP contribution in [-0.4, -0.2) is 4.92 Å². The zero-order valence-electron chi connectivity index (χ0n) is 9.98. The van der Waals surface area contributed by atoms with E-state index in [0.717, 1.165) is 0 Å². The van der Waals surface area contributed by atoms with Crippen molar-refractivity contribution in [2.24, 2.45) is 0 Å². The van der Waals surface area contributed by atoms with E-state index in [0.29, 0.717) is 16.3 Å². The van der Waals surface area contributed by atoms with Gasteiger partial charge in [-0.15, -0.1) is 11.6 Å². The Balaban J connectivity index is 2.50. The van der Waals surface area contributed by atoms with Gasteiger partial charge in [0.05, 0.1) is 15.8 Å². The van der Waals surface area contributed by atoms with Crippen LogP contribution in [0.15, 0.2) is 36.4 Å². The van der Waals surface area contributed by atoms with Gasteiger partial charge in [0.1, 0.15) is 5.75 Å². The first-order valence-corrected chi connectivity index (χ1v) is 6.77. The average Bonchev–Trinajstić information content (AvgIpc) is 2.41. The van der Waals surface area contributed by atoms with Crippen molar-refractivity contribution >= 4 is 40.5 Å². The molecule has 104 valence electrons. The van der Waals surface area contributed by atoms with Crippen molar-refractivity contribution in [3.05, 3.63) is 62.1 Å². The Morgan fingerprint density at radius 3 is 2.60 bits per heavy atom. The number of hydrogen-bond donors (Lipinski definition) is 0. The number of alkyl halides is 1. The summed E-state index contributed by atoms with van der Waals surface area (Å²) in [4.78, 5) is 10.4. The maximum absolute atomic E-state index is 11.0. The second kappa shape index (κ2) is 6.31. The molecule has 2 rings (SSSR count). The lowest BCUT2D eigenvalue weighted by Gasteiger charge is -2.11. The summed E-state index contributed by atoms with van der Waals surface area (Å²) in [5, 5.41) is 11.6. The Hall–Kier alpha value is -1.49. The summed E-state index contributed by atoms with van der Waals surface area (Å²) >= 11 is 17.7. The van der Waals surface area contributed by atoms with E-state index < -0.39 is 4.92 Å². The number of benzene rings is 2. The molecule has 0 aliphatic carbocycles. The van der Waals surface area contributed by atoms with Crippen LogP contribution in [0.2, 0.25) is 10.0 Å². The van der Waals surface area contributed by atoms with Gasteiger partial charge in [-0.25, -0.2) is 0 Å². The predicted molar refractivity (Wildman–Crippen MR) is 79.2 cm³/mol. The van der Waals surface area contributed by atoms with Gasteiger partial charge in [-0.05, 0) is 18.2 Å². The number of halogens is 3. The summed E-state index contributed by atoms with van der Waals surface area (Å²) in [5.41, 5.74) is 0.434. The van der Waals surface area contributed by atoms with Gasteiger partial charge < -0.3 is 4.74 Å². The third kappa shape index (κ3) is 3.15. The average molecular weight is 333 g/mol. The minimum absolute atomic E-state index is 0.0344. The molecule has 0 amide bonds. The molecular formula is C13H8Cl3NO3. The largest absolute Gasteiger partial charge is 0.448 e. The third-order valence-corrected chi connectivity index (χ3v) is 3.35. The van der Waals surface area contributed by atoms with E-state index in [1.807, 2.05) is 0 Å². The van der Waals surface area contributed by atoms with Crippen LogP contribution < -0.4 is 4.74 Å². The van der Waals surface area contributed by atoms with E-state index in [2.05, 4.69) is 0 Å². The zero-order valence-corrected chi connectivity index (χ0v) is 12.2. The van der Waals surface area contributed by atoms with Crippen LogP contribution in [0.3, 0.4) is 0 Å². The highest BCUT2D eigenvalue weighted by molar-refractivity contribution is 6.32. The Morgan fingerprint density at radius 1 is 1.20 bits per heavy atom. The summed E-state index contributed by atoms with van der Waals surface area (Å²) in [5.74, 6) is 0.488. The van der Waals surface area contributed by atoms with Crippen LogP contribution >= 0.6 is 34.8 Å². The summed E-state index contributed by atoms with van der Waals surface area (Å²) in [6.07, 6.45) is 0. The van der Waals surface area contributed by atoms with Gasteiger partial charge in [0, 0.05) is 16.7 Å². The lowest BCUT2D eigenvalue weighted by molar-refractivity contribution is -0.385. The smallest absolute Gasteiger partial charge is 0.313 e. The van der Waals surface area contributed by atoms with Gasteiger partial charge in [-0.2, -0.15) is 0 Å². The molecule has 0 heterocycles. The van der Waals surface area contributed by atoms with Crippen LogP contribution in [0, 0.1) is 10.1 Å². The first kappa shape index (κ1) is 14.9. The first-order valence-electron chi connectivity index (χ1n) is 5.48. The number of nitro groups is 1. The maximum Gasteiger partial charge on any atom is 0.313 e. The van der Waals surface area contributed by atoms with Crippen LogP contribution in [0.5, 0.6) is 11.5 Å². The SMILES string of the molecule is O=[N+]([O-])c1cccc(Cl)c1Oc1cc(Cl)ccc1CCl. The maximum atomic E-state index is 11.0. The molecule has 2 aromatic rings. The van der Waals surface area contributed by atoms with Gasteiger partial charge in [0.2, 0.25) is 5.75 Å². The van der Waals surface area contributed by atoms with Crippen molar-refractivity contribution in [1.82, 2.24) is 0 Å². The van der Waals surface area contributed by atoms with Crippen LogP contribution in [0.25, 0.3) is 0 Å². The van der Waals surface area contributed by atoms with Crippen molar-refractivity contribution in [3.63, 3.8) is 0 Å². The molecule has 0 aliphatic rings. The highest BCUT2D eigenvalue weighted by atomic mass is 35.5. The Morgan fingerprint density at radius 2 is 1.95 bits per heavy atom. The van der Waals surface area contributed by atoms with Gasteiger partial charge >= 0.3 is 5.69 Å². The number of rotatable bonds is 4. The molecule has 4 nitrogen and oxygen atoms in total. The molecule has 7 heteroatoms. The quantitative estimate of drug-likeness (QED) is 0.426. The molecule has 0 saturated carbocycles. The molecule has 0 fully saturated rings. The van der Waals surface area contributed by atoms with E-state index in [1.54, 1.807) is 12.1 Å². The van der Waals surface area contributed by atoms with E-state index in [-0.39, 0.29) is 22.3 Å². The Labute approximate surface area is 130 Å². The van der Waals surface area contributed by atoms with Crippen LogP contribution in [0.4, 0.5) is 5.69 Å². The Kier molecular flexibility index (Phi) is 4.70. The van der Waals surface area contributed by atoms with E-state index >= 15 is 0 Å². The highest BCUT2D eigenvalue weighted by Gasteiger charge is 2.20. The van der Waals surface area contributed by atoms with Crippen LogP contribution in [-0.2, 0) is 5.88 Å². The normalized spacial score (nSPS) is 10.3. The number of nitrogens with zero attached hydrogens (tertiary/aromatic N) is 1. The van der Waals surface area contributed by atoms with E-state index in [9.17, 15) is 10.1 Å². The number of hydrogen-bond acceptors (Lipinski definition) is 3. The van der Waals surface area contributed by atoms with E-state index in [4.69, 9.17) is 39.5 Å². The second-order valence-corrected chi connectivity index (χ2v) is 4.94. The van der Waals surface area contributed by atoms with Gasteiger partial charge in [0.15, 0.2) is 0 Å². The third-order valence-electron chi connectivity index (χ3n) is 2.53. The first-order chi connectivity index (χ1) is 9.52. The summed E-state index contributed by atoms with van der Waals surface area (Å²) < 4.78 is 5.56. The van der Waals surface area contributed by atoms with Crippen LogP contribution in [0.1, 0.15) is 5.56 Å². The van der Waals surface area contributed by atoms with Crippen molar-refractivity contribution in [2.45, 2.75) is 5.88 Å². The number of ether oxygens (including phenoxy) is 1. The zero-order chi connectivity index (χ0) is 14.7. The Bertz CT molecular complexity index is 661. The highest BCUT2D eigenvalue weighted by Crippen LogP contribution is 2.39. The monoisotopic (exact) mass is 331 g/mol. The van der Waals surface area contributed by atoms with Crippen molar-refractivity contribution in [2.75, 3.05) is 0 Å². The molecule has 0 saturated heterocycles. The fourth-order valence-electron chi connectivity index (χ4n) is 1.59. The van der Waals surface area contributed by atoms with E-state index in [1.165, 1.54) is 24.3 Å². The molecule has 0 spiro atoms. The minimum atomic E-state index is -0.563. The van der Waals surface area contributed by atoms with Crippen molar-refractivity contribution in [1.29, 1.82) is 0 Å². The van der Waals surface area contributed by atoms with Gasteiger partial charge in [-0.1, -0.05) is 35.3 Å². The minimum Gasteiger partial charge on any atom is -0.448 e. The topological polar surface area (TPSA) is 52.4 Å². The summed E-state index contributed by atoms with van der Waals surface area (Å²) in [6, 6.07) is 9.18. The molecule has 20 heavy (non-hydrogen) atoms. The molecule has 0 aliphatic heterocycles. The molecule has 0 bridgehead atoms.